The molecule has 0 atom stereocenters. The van der Waals surface area contributed by atoms with E-state index in [1.54, 1.807) is 38.3 Å². The number of hydrogen-bond donors (Lipinski definition) is 0. The minimum Gasteiger partial charge on any atom is -0.496 e. The SMILES string of the molecule is CCOC(=O)c1cccc(-c2ccccc2-c2cc(F)ccc2OC)c1. The van der Waals surface area contributed by atoms with Gasteiger partial charge in [-0.15, -0.1) is 0 Å². The van der Waals surface area contributed by atoms with E-state index < -0.39 is 0 Å². The number of methoxy groups -OCH3 is 1. The number of rotatable bonds is 5. The molecule has 4 heteroatoms. The van der Waals surface area contributed by atoms with Crippen LogP contribution < -0.4 is 4.74 Å². The van der Waals surface area contributed by atoms with Gasteiger partial charge < -0.3 is 9.47 Å². The fourth-order valence-electron chi connectivity index (χ4n) is 2.89. The van der Waals surface area contributed by atoms with Crippen molar-refractivity contribution in [3.05, 3.63) is 78.1 Å². The Hall–Kier alpha value is -3.14. The minimum atomic E-state index is -0.366. The Bertz CT molecular complexity index is 934. The van der Waals surface area contributed by atoms with Crippen molar-refractivity contribution >= 4 is 5.97 Å². The Morgan fingerprint density at radius 3 is 2.42 bits per heavy atom. The van der Waals surface area contributed by atoms with E-state index in [0.29, 0.717) is 23.5 Å². The van der Waals surface area contributed by atoms with Crippen molar-refractivity contribution in [2.75, 3.05) is 13.7 Å². The van der Waals surface area contributed by atoms with Gasteiger partial charge in [-0.1, -0.05) is 36.4 Å². The molecule has 0 amide bonds. The molecule has 3 nitrogen and oxygen atoms in total. The summed E-state index contributed by atoms with van der Waals surface area (Å²) in [7, 11) is 1.56. The van der Waals surface area contributed by atoms with Crippen molar-refractivity contribution in [1.82, 2.24) is 0 Å². The van der Waals surface area contributed by atoms with Gasteiger partial charge in [0.15, 0.2) is 0 Å². The summed E-state index contributed by atoms with van der Waals surface area (Å²) in [5.41, 5.74) is 3.68. The smallest absolute Gasteiger partial charge is 0.338 e. The van der Waals surface area contributed by atoms with E-state index in [0.717, 1.165) is 16.7 Å². The molecule has 26 heavy (non-hydrogen) atoms. The molecule has 3 aromatic carbocycles. The van der Waals surface area contributed by atoms with Crippen LogP contribution in [0.2, 0.25) is 0 Å². The molecule has 0 fully saturated rings. The first kappa shape index (κ1) is 17.7. The van der Waals surface area contributed by atoms with Crippen LogP contribution in [-0.4, -0.2) is 19.7 Å². The standard InChI is InChI=1S/C22H19FO3/c1-3-26-22(24)16-8-6-7-15(13-16)18-9-4-5-10-19(18)20-14-17(23)11-12-21(20)25-2/h4-14H,3H2,1-2H3. The van der Waals surface area contributed by atoms with Crippen LogP contribution in [0.15, 0.2) is 66.7 Å². The highest BCUT2D eigenvalue weighted by atomic mass is 19.1. The average molecular weight is 350 g/mol. The molecule has 0 aliphatic rings. The third-order valence-corrected chi connectivity index (χ3v) is 4.06. The maximum absolute atomic E-state index is 13.8. The second-order valence-corrected chi connectivity index (χ2v) is 5.69. The van der Waals surface area contributed by atoms with Gasteiger partial charge in [-0.25, -0.2) is 9.18 Å². The van der Waals surface area contributed by atoms with Gasteiger partial charge in [0.25, 0.3) is 0 Å². The van der Waals surface area contributed by atoms with E-state index in [1.165, 1.54) is 12.1 Å². The number of carbonyl (C=O) groups excluding carboxylic acids is 1. The van der Waals surface area contributed by atoms with Crippen LogP contribution in [0.5, 0.6) is 5.75 Å². The average Bonchev–Trinajstić information content (AvgIpc) is 2.68. The van der Waals surface area contributed by atoms with Crippen molar-refractivity contribution in [2.45, 2.75) is 6.92 Å². The molecule has 0 heterocycles. The Balaban J connectivity index is 2.13. The molecule has 0 saturated carbocycles. The number of halogens is 1. The molecule has 0 aliphatic heterocycles. The Morgan fingerprint density at radius 2 is 1.69 bits per heavy atom. The zero-order valence-corrected chi connectivity index (χ0v) is 14.7. The second-order valence-electron chi connectivity index (χ2n) is 5.69. The van der Waals surface area contributed by atoms with Gasteiger partial charge in [0.1, 0.15) is 11.6 Å². The molecule has 0 radical (unpaired) electrons. The summed E-state index contributed by atoms with van der Waals surface area (Å²) in [6, 6.07) is 19.3. The van der Waals surface area contributed by atoms with Crippen LogP contribution in [-0.2, 0) is 4.74 Å². The number of carbonyl (C=O) groups is 1. The van der Waals surface area contributed by atoms with Gasteiger partial charge in [-0.2, -0.15) is 0 Å². The molecular weight excluding hydrogens is 331 g/mol. The maximum Gasteiger partial charge on any atom is 0.338 e. The van der Waals surface area contributed by atoms with Crippen molar-refractivity contribution in [3.63, 3.8) is 0 Å². The molecular formula is C22H19FO3. The molecule has 0 unspecified atom stereocenters. The fourth-order valence-corrected chi connectivity index (χ4v) is 2.89. The third-order valence-electron chi connectivity index (χ3n) is 4.06. The minimum absolute atomic E-state index is 0.320. The maximum atomic E-state index is 13.8. The molecule has 0 saturated heterocycles. The molecule has 132 valence electrons. The normalized spacial score (nSPS) is 10.4. The third kappa shape index (κ3) is 3.59. The van der Waals surface area contributed by atoms with E-state index in [4.69, 9.17) is 9.47 Å². The highest BCUT2D eigenvalue weighted by molar-refractivity contribution is 5.93. The van der Waals surface area contributed by atoms with Gasteiger partial charge in [-0.3, -0.25) is 0 Å². The molecule has 0 aromatic heterocycles. The Morgan fingerprint density at radius 1 is 0.923 bits per heavy atom. The first-order valence-electron chi connectivity index (χ1n) is 8.34. The van der Waals surface area contributed by atoms with Gasteiger partial charge in [-0.05, 0) is 53.9 Å². The van der Waals surface area contributed by atoms with Crippen LogP contribution in [0.3, 0.4) is 0 Å². The van der Waals surface area contributed by atoms with Crippen molar-refractivity contribution in [3.8, 4) is 28.0 Å². The number of esters is 1. The van der Waals surface area contributed by atoms with E-state index >= 15 is 0 Å². The molecule has 3 aromatic rings. The lowest BCUT2D eigenvalue weighted by molar-refractivity contribution is 0.0526. The van der Waals surface area contributed by atoms with E-state index in [2.05, 4.69) is 0 Å². The predicted octanol–water partition coefficient (Wildman–Crippen LogP) is 5.35. The van der Waals surface area contributed by atoms with Gasteiger partial charge in [0, 0.05) is 5.56 Å². The molecule has 0 N–H and O–H groups in total. The highest BCUT2D eigenvalue weighted by Gasteiger charge is 2.14. The first-order chi connectivity index (χ1) is 12.6. The lowest BCUT2D eigenvalue weighted by atomic mass is 9.93. The van der Waals surface area contributed by atoms with Crippen LogP contribution >= 0.6 is 0 Å². The lowest BCUT2D eigenvalue weighted by Crippen LogP contribution is -2.04. The largest absolute Gasteiger partial charge is 0.496 e. The Kier molecular flexibility index (Phi) is 5.32. The van der Waals surface area contributed by atoms with Gasteiger partial charge >= 0.3 is 5.97 Å². The number of ether oxygens (including phenoxy) is 2. The second kappa shape index (κ2) is 7.83. The summed E-state index contributed by atoms with van der Waals surface area (Å²) in [5, 5.41) is 0. The summed E-state index contributed by atoms with van der Waals surface area (Å²) in [6.07, 6.45) is 0. The molecule has 0 spiro atoms. The monoisotopic (exact) mass is 350 g/mol. The van der Waals surface area contributed by atoms with Gasteiger partial charge in [0.2, 0.25) is 0 Å². The lowest BCUT2D eigenvalue weighted by Gasteiger charge is -2.14. The van der Waals surface area contributed by atoms with E-state index in [1.807, 2.05) is 30.3 Å². The quantitative estimate of drug-likeness (QED) is 0.582. The predicted molar refractivity (Wildman–Crippen MR) is 99.8 cm³/mol. The Labute approximate surface area is 152 Å². The van der Waals surface area contributed by atoms with Crippen molar-refractivity contribution < 1.29 is 18.7 Å². The number of hydrogen-bond acceptors (Lipinski definition) is 3. The zero-order chi connectivity index (χ0) is 18.5. The van der Waals surface area contributed by atoms with Crippen LogP contribution in [0.25, 0.3) is 22.3 Å². The summed E-state index contributed by atoms with van der Waals surface area (Å²) < 4.78 is 24.3. The van der Waals surface area contributed by atoms with E-state index in [-0.39, 0.29) is 11.8 Å². The van der Waals surface area contributed by atoms with Crippen molar-refractivity contribution in [2.24, 2.45) is 0 Å². The molecule has 0 aliphatic carbocycles. The number of benzene rings is 3. The fraction of sp³-hybridized carbons (Fsp3) is 0.136. The highest BCUT2D eigenvalue weighted by Crippen LogP contribution is 2.37. The van der Waals surface area contributed by atoms with Gasteiger partial charge in [0.05, 0.1) is 19.3 Å². The summed E-state index contributed by atoms with van der Waals surface area (Å²) in [4.78, 5) is 12.0. The molecule has 3 rings (SSSR count). The summed E-state index contributed by atoms with van der Waals surface area (Å²) in [6.45, 7) is 2.09. The first-order valence-corrected chi connectivity index (χ1v) is 8.34. The topological polar surface area (TPSA) is 35.5 Å². The summed E-state index contributed by atoms with van der Waals surface area (Å²) >= 11 is 0. The summed E-state index contributed by atoms with van der Waals surface area (Å²) in [5.74, 6) is -0.119. The van der Waals surface area contributed by atoms with Crippen LogP contribution in [0.1, 0.15) is 17.3 Å². The van der Waals surface area contributed by atoms with Crippen LogP contribution in [0.4, 0.5) is 4.39 Å². The van der Waals surface area contributed by atoms with E-state index in [9.17, 15) is 9.18 Å². The zero-order valence-electron chi connectivity index (χ0n) is 14.7. The van der Waals surface area contributed by atoms with Crippen LogP contribution in [0, 0.1) is 5.82 Å². The molecule has 0 bridgehead atoms. The van der Waals surface area contributed by atoms with Crippen molar-refractivity contribution in [1.29, 1.82) is 0 Å².